The van der Waals surface area contributed by atoms with Crippen LogP contribution in [-0.4, -0.2) is 46.9 Å². The van der Waals surface area contributed by atoms with Crippen LogP contribution in [0.2, 0.25) is 0 Å². The standard InChI is InChI=1S/C26H23BrN2O6/c1-26(14-30,24(32)33)29-23(31)20-12-15(10-11-22(20)27)28-25(34)35-13-21-18-8-4-2-6-16(18)17-7-3-5-9-19(17)21/h2-12,21,30H,13-14H2,1H3,(H,28,34)(H,29,31)(H,32,33). The van der Waals surface area contributed by atoms with Gasteiger partial charge in [0.2, 0.25) is 0 Å². The molecule has 0 saturated carbocycles. The first-order valence-corrected chi connectivity index (χ1v) is 11.6. The predicted molar refractivity (Wildman–Crippen MR) is 133 cm³/mol. The third kappa shape index (κ3) is 4.91. The largest absolute Gasteiger partial charge is 0.479 e. The summed E-state index contributed by atoms with van der Waals surface area (Å²) in [6, 6.07) is 20.5. The fourth-order valence-electron chi connectivity index (χ4n) is 4.01. The maximum atomic E-state index is 12.7. The quantitative estimate of drug-likeness (QED) is 0.354. The Morgan fingerprint density at radius 3 is 2.17 bits per heavy atom. The number of halogens is 1. The summed E-state index contributed by atoms with van der Waals surface area (Å²) >= 11 is 3.26. The van der Waals surface area contributed by atoms with Crippen molar-refractivity contribution < 1.29 is 29.3 Å². The molecule has 0 aromatic heterocycles. The van der Waals surface area contributed by atoms with Gasteiger partial charge in [-0.15, -0.1) is 0 Å². The molecule has 8 nitrogen and oxygen atoms in total. The highest BCUT2D eigenvalue weighted by atomic mass is 79.9. The maximum Gasteiger partial charge on any atom is 0.411 e. The first-order chi connectivity index (χ1) is 16.7. The lowest BCUT2D eigenvalue weighted by Crippen LogP contribution is -2.55. The van der Waals surface area contributed by atoms with E-state index in [9.17, 15) is 24.6 Å². The molecule has 3 aromatic carbocycles. The highest BCUT2D eigenvalue weighted by Gasteiger charge is 2.35. The van der Waals surface area contributed by atoms with Gasteiger partial charge in [-0.3, -0.25) is 10.1 Å². The Labute approximate surface area is 210 Å². The topological polar surface area (TPSA) is 125 Å². The number of benzene rings is 3. The molecule has 4 rings (SSSR count). The molecule has 35 heavy (non-hydrogen) atoms. The van der Waals surface area contributed by atoms with Gasteiger partial charge >= 0.3 is 12.1 Å². The van der Waals surface area contributed by atoms with Crippen molar-refractivity contribution in [2.75, 3.05) is 18.5 Å². The Hall–Kier alpha value is -3.69. The van der Waals surface area contributed by atoms with Gasteiger partial charge in [0.05, 0.1) is 12.2 Å². The van der Waals surface area contributed by atoms with Crippen molar-refractivity contribution in [2.24, 2.45) is 0 Å². The third-order valence-corrected chi connectivity index (χ3v) is 6.67. The van der Waals surface area contributed by atoms with Crippen molar-refractivity contribution in [3.05, 3.63) is 87.9 Å². The number of ether oxygens (including phenoxy) is 1. The van der Waals surface area contributed by atoms with E-state index in [1.165, 1.54) is 13.0 Å². The minimum Gasteiger partial charge on any atom is -0.479 e. The van der Waals surface area contributed by atoms with Crippen LogP contribution in [0, 0.1) is 0 Å². The van der Waals surface area contributed by atoms with Gasteiger partial charge in [-0.05, 0) is 63.3 Å². The molecule has 0 radical (unpaired) electrons. The van der Waals surface area contributed by atoms with Gasteiger partial charge in [0.25, 0.3) is 5.91 Å². The van der Waals surface area contributed by atoms with Gasteiger partial charge in [-0.2, -0.15) is 0 Å². The number of carboxylic acids is 1. The van der Waals surface area contributed by atoms with Gasteiger partial charge in [0.1, 0.15) is 6.61 Å². The number of amides is 2. The molecule has 1 unspecified atom stereocenters. The zero-order valence-corrected chi connectivity index (χ0v) is 20.3. The molecule has 0 aliphatic heterocycles. The van der Waals surface area contributed by atoms with Gasteiger partial charge in [0, 0.05) is 16.1 Å². The van der Waals surface area contributed by atoms with E-state index in [1.807, 2.05) is 36.4 Å². The normalized spacial score (nSPS) is 13.8. The van der Waals surface area contributed by atoms with Crippen LogP contribution in [-0.2, 0) is 9.53 Å². The first kappa shape index (κ1) is 24.4. The molecule has 2 amide bonds. The van der Waals surface area contributed by atoms with Gasteiger partial charge in [0.15, 0.2) is 5.54 Å². The summed E-state index contributed by atoms with van der Waals surface area (Å²) in [5.74, 6) is -2.20. The van der Waals surface area contributed by atoms with E-state index in [-0.39, 0.29) is 23.8 Å². The second-order valence-corrected chi connectivity index (χ2v) is 9.25. The van der Waals surface area contributed by atoms with Crippen molar-refractivity contribution in [1.82, 2.24) is 5.32 Å². The average molecular weight is 539 g/mol. The summed E-state index contributed by atoms with van der Waals surface area (Å²) in [6.45, 7) is 0.542. The number of aliphatic hydroxyl groups excluding tert-OH is 1. The zero-order chi connectivity index (χ0) is 25.2. The van der Waals surface area contributed by atoms with Gasteiger partial charge in [-0.25, -0.2) is 9.59 Å². The van der Waals surface area contributed by atoms with E-state index in [2.05, 4.69) is 38.7 Å². The lowest BCUT2D eigenvalue weighted by molar-refractivity contribution is -0.145. The second kappa shape index (κ2) is 9.89. The summed E-state index contributed by atoms with van der Waals surface area (Å²) in [4.78, 5) is 36.6. The number of aliphatic carboxylic acids is 1. The van der Waals surface area contributed by atoms with E-state index < -0.39 is 30.1 Å². The molecule has 1 atom stereocenters. The number of nitrogens with one attached hydrogen (secondary N) is 2. The Morgan fingerprint density at radius 2 is 1.60 bits per heavy atom. The van der Waals surface area contributed by atoms with Gasteiger partial charge in [-0.1, -0.05) is 48.5 Å². The number of carboxylic acid groups (broad SMARTS) is 1. The van der Waals surface area contributed by atoms with E-state index >= 15 is 0 Å². The molecular formula is C26H23BrN2O6. The van der Waals surface area contributed by atoms with Crippen molar-refractivity contribution in [1.29, 1.82) is 0 Å². The zero-order valence-electron chi connectivity index (χ0n) is 18.7. The smallest absolute Gasteiger partial charge is 0.411 e. The highest BCUT2D eigenvalue weighted by Crippen LogP contribution is 2.44. The van der Waals surface area contributed by atoms with Crippen molar-refractivity contribution in [3.8, 4) is 11.1 Å². The number of anilines is 1. The number of carbonyl (C=O) groups excluding carboxylic acids is 2. The summed E-state index contributed by atoms with van der Waals surface area (Å²) in [5, 5.41) is 23.6. The number of carbonyl (C=O) groups is 3. The van der Waals surface area contributed by atoms with Crippen LogP contribution in [0.25, 0.3) is 11.1 Å². The molecule has 0 bridgehead atoms. The van der Waals surface area contributed by atoms with E-state index in [1.54, 1.807) is 12.1 Å². The lowest BCUT2D eigenvalue weighted by atomic mass is 9.98. The van der Waals surface area contributed by atoms with Crippen LogP contribution in [0.1, 0.15) is 34.3 Å². The van der Waals surface area contributed by atoms with Crippen molar-refractivity contribution >= 4 is 39.6 Å². The molecule has 9 heteroatoms. The fraction of sp³-hybridized carbons (Fsp3) is 0.192. The number of hydrogen-bond acceptors (Lipinski definition) is 5. The second-order valence-electron chi connectivity index (χ2n) is 8.39. The number of hydrogen-bond donors (Lipinski definition) is 4. The molecular weight excluding hydrogens is 516 g/mol. The maximum absolute atomic E-state index is 12.7. The summed E-state index contributed by atoms with van der Waals surface area (Å²) in [7, 11) is 0. The van der Waals surface area contributed by atoms with Crippen LogP contribution >= 0.6 is 15.9 Å². The number of aliphatic hydroxyl groups is 1. The molecule has 1 aliphatic rings. The Kier molecular flexibility index (Phi) is 6.90. The minimum absolute atomic E-state index is 0.0855. The Morgan fingerprint density at radius 1 is 1.00 bits per heavy atom. The Bertz CT molecular complexity index is 1270. The average Bonchev–Trinajstić information content (AvgIpc) is 3.17. The van der Waals surface area contributed by atoms with Crippen molar-refractivity contribution in [2.45, 2.75) is 18.4 Å². The summed E-state index contributed by atoms with van der Waals surface area (Å²) < 4.78 is 5.92. The van der Waals surface area contributed by atoms with Gasteiger partial charge < -0.3 is 20.3 Å². The van der Waals surface area contributed by atoms with E-state index in [4.69, 9.17) is 4.74 Å². The molecule has 3 aromatic rings. The van der Waals surface area contributed by atoms with Crippen molar-refractivity contribution in [3.63, 3.8) is 0 Å². The fourth-order valence-corrected chi connectivity index (χ4v) is 4.43. The molecule has 0 saturated heterocycles. The molecule has 1 aliphatic carbocycles. The monoisotopic (exact) mass is 538 g/mol. The third-order valence-electron chi connectivity index (χ3n) is 5.98. The lowest BCUT2D eigenvalue weighted by Gasteiger charge is -2.24. The molecule has 180 valence electrons. The number of rotatable bonds is 7. The minimum atomic E-state index is -1.85. The van der Waals surface area contributed by atoms with E-state index in [0.29, 0.717) is 4.47 Å². The highest BCUT2D eigenvalue weighted by molar-refractivity contribution is 9.10. The predicted octanol–water partition coefficient (Wildman–Crippen LogP) is 4.38. The summed E-state index contributed by atoms with van der Waals surface area (Å²) in [5.41, 5.74) is 2.95. The SMILES string of the molecule is CC(CO)(NC(=O)c1cc(NC(=O)OCC2c3ccccc3-c3ccccc32)ccc1Br)C(=O)O. The molecule has 0 fully saturated rings. The Balaban J connectivity index is 1.45. The van der Waals surface area contributed by atoms with Crippen LogP contribution in [0.15, 0.2) is 71.2 Å². The molecule has 0 spiro atoms. The molecule has 4 N–H and O–H groups in total. The van der Waals surface area contributed by atoms with Crippen LogP contribution < -0.4 is 10.6 Å². The first-order valence-electron chi connectivity index (χ1n) is 10.8. The van der Waals surface area contributed by atoms with Crippen LogP contribution in [0.3, 0.4) is 0 Å². The van der Waals surface area contributed by atoms with Crippen LogP contribution in [0.4, 0.5) is 10.5 Å². The van der Waals surface area contributed by atoms with E-state index in [0.717, 1.165) is 22.3 Å². The molecule has 0 heterocycles. The summed E-state index contributed by atoms with van der Waals surface area (Å²) in [6.07, 6.45) is -0.689. The van der Waals surface area contributed by atoms with Crippen LogP contribution in [0.5, 0.6) is 0 Å². The number of fused-ring (bicyclic) bond motifs is 3.